The van der Waals surface area contributed by atoms with Crippen LogP contribution in [0.25, 0.3) is 0 Å². The molecule has 1 amide bonds. The third kappa shape index (κ3) is 3.12. The second kappa shape index (κ2) is 5.83. The second-order valence-electron chi connectivity index (χ2n) is 4.96. The molecule has 0 spiro atoms. The van der Waals surface area contributed by atoms with Gasteiger partial charge in [0.15, 0.2) is 0 Å². The fraction of sp³-hybridized carbons (Fsp3) is 0.500. The third-order valence-electron chi connectivity index (χ3n) is 3.62. The lowest BCUT2D eigenvalue weighted by atomic mass is 10.0. The minimum absolute atomic E-state index is 0.0152. The molecule has 0 bridgehead atoms. The summed E-state index contributed by atoms with van der Waals surface area (Å²) in [6.45, 7) is 0.994. The third-order valence-corrected chi connectivity index (χ3v) is 3.62. The number of alkyl halides is 3. The Morgan fingerprint density at radius 2 is 1.90 bits per heavy atom. The first kappa shape index (κ1) is 14.8. The van der Waals surface area contributed by atoms with E-state index in [0.717, 1.165) is 31.4 Å². The van der Waals surface area contributed by atoms with Crippen molar-refractivity contribution in [2.24, 2.45) is 5.73 Å². The molecule has 1 aliphatic rings. The van der Waals surface area contributed by atoms with Crippen LogP contribution in [0.1, 0.15) is 35.2 Å². The van der Waals surface area contributed by atoms with Gasteiger partial charge in [0, 0.05) is 24.7 Å². The molecule has 20 heavy (non-hydrogen) atoms. The summed E-state index contributed by atoms with van der Waals surface area (Å²) < 4.78 is 37.4. The number of benzene rings is 1. The Balaban J connectivity index is 2.16. The van der Waals surface area contributed by atoms with Crippen molar-refractivity contribution in [1.82, 2.24) is 4.90 Å². The molecule has 1 saturated heterocycles. The maximum atomic E-state index is 12.5. The number of rotatable bonds is 2. The molecule has 1 aromatic rings. The van der Waals surface area contributed by atoms with Crippen LogP contribution in [0.2, 0.25) is 0 Å². The van der Waals surface area contributed by atoms with E-state index in [0.29, 0.717) is 13.1 Å². The summed E-state index contributed by atoms with van der Waals surface area (Å²) in [5, 5.41) is 0. The Labute approximate surface area is 115 Å². The molecule has 110 valence electrons. The van der Waals surface area contributed by atoms with Crippen LogP contribution in [0.4, 0.5) is 13.2 Å². The quantitative estimate of drug-likeness (QED) is 0.908. The molecule has 0 saturated carbocycles. The SMILES string of the molecule is NCC1CCCCN1C(=O)c1ccc(C(F)(F)F)cc1. The predicted molar refractivity (Wildman–Crippen MR) is 69.2 cm³/mol. The fourth-order valence-electron chi connectivity index (χ4n) is 2.48. The first-order chi connectivity index (χ1) is 9.43. The number of carbonyl (C=O) groups is 1. The van der Waals surface area contributed by atoms with Gasteiger partial charge in [-0.2, -0.15) is 13.2 Å². The normalized spacial score (nSPS) is 20.0. The predicted octanol–water partition coefficient (Wildman–Crippen LogP) is 2.66. The number of carbonyl (C=O) groups excluding carboxylic acids is 1. The average Bonchev–Trinajstić information content (AvgIpc) is 2.45. The molecule has 6 heteroatoms. The zero-order chi connectivity index (χ0) is 14.8. The Kier molecular flexibility index (Phi) is 4.32. The molecular formula is C14H17F3N2O. The molecule has 0 aromatic heterocycles. The Morgan fingerprint density at radius 3 is 2.45 bits per heavy atom. The van der Waals surface area contributed by atoms with Gasteiger partial charge in [0.05, 0.1) is 5.56 Å². The second-order valence-corrected chi connectivity index (χ2v) is 4.96. The molecular weight excluding hydrogens is 269 g/mol. The number of halogens is 3. The van der Waals surface area contributed by atoms with E-state index < -0.39 is 11.7 Å². The number of likely N-dealkylation sites (tertiary alicyclic amines) is 1. The molecule has 1 heterocycles. The lowest BCUT2D eigenvalue weighted by Crippen LogP contribution is -2.47. The highest BCUT2D eigenvalue weighted by atomic mass is 19.4. The first-order valence-electron chi connectivity index (χ1n) is 6.62. The summed E-state index contributed by atoms with van der Waals surface area (Å²) in [7, 11) is 0. The van der Waals surface area contributed by atoms with Crippen molar-refractivity contribution in [2.75, 3.05) is 13.1 Å². The monoisotopic (exact) mass is 286 g/mol. The Morgan fingerprint density at radius 1 is 1.25 bits per heavy atom. The highest BCUT2D eigenvalue weighted by molar-refractivity contribution is 5.94. The van der Waals surface area contributed by atoms with Crippen molar-refractivity contribution >= 4 is 5.91 Å². The van der Waals surface area contributed by atoms with Crippen LogP contribution in [0.5, 0.6) is 0 Å². The van der Waals surface area contributed by atoms with Crippen molar-refractivity contribution in [3.05, 3.63) is 35.4 Å². The molecule has 0 radical (unpaired) electrons. The van der Waals surface area contributed by atoms with Crippen LogP contribution in [0.15, 0.2) is 24.3 Å². The highest BCUT2D eigenvalue weighted by Crippen LogP contribution is 2.29. The van der Waals surface area contributed by atoms with Crippen LogP contribution in [-0.2, 0) is 6.18 Å². The van der Waals surface area contributed by atoms with Gasteiger partial charge in [0.25, 0.3) is 5.91 Å². The van der Waals surface area contributed by atoms with Crippen LogP contribution in [-0.4, -0.2) is 29.9 Å². The molecule has 0 aliphatic carbocycles. The average molecular weight is 286 g/mol. The number of nitrogens with zero attached hydrogens (tertiary/aromatic N) is 1. The van der Waals surface area contributed by atoms with E-state index in [-0.39, 0.29) is 17.5 Å². The van der Waals surface area contributed by atoms with E-state index in [4.69, 9.17) is 5.73 Å². The lowest BCUT2D eigenvalue weighted by molar-refractivity contribution is -0.137. The maximum absolute atomic E-state index is 12.5. The summed E-state index contributed by atoms with van der Waals surface area (Å²) in [6.07, 6.45) is -1.60. The van der Waals surface area contributed by atoms with Crippen LogP contribution < -0.4 is 5.73 Å². The summed E-state index contributed by atoms with van der Waals surface area (Å²) in [6, 6.07) is 4.32. The van der Waals surface area contributed by atoms with E-state index in [9.17, 15) is 18.0 Å². The number of nitrogens with two attached hydrogens (primary N) is 1. The van der Waals surface area contributed by atoms with Gasteiger partial charge in [-0.25, -0.2) is 0 Å². The number of piperidine rings is 1. The smallest absolute Gasteiger partial charge is 0.334 e. The zero-order valence-electron chi connectivity index (χ0n) is 11.0. The molecule has 2 N–H and O–H groups in total. The molecule has 3 nitrogen and oxygen atoms in total. The van der Waals surface area contributed by atoms with Gasteiger partial charge in [-0.05, 0) is 43.5 Å². The van der Waals surface area contributed by atoms with Crippen molar-refractivity contribution < 1.29 is 18.0 Å². The fourth-order valence-corrected chi connectivity index (χ4v) is 2.48. The van der Waals surface area contributed by atoms with Crippen molar-refractivity contribution in [2.45, 2.75) is 31.5 Å². The summed E-state index contributed by atoms with van der Waals surface area (Å²) in [5.41, 5.74) is 5.18. The Bertz CT molecular complexity index is 470. The molecule has 2 rings (SSSR count). The van der Waals surface area contributed by atoms with Crippen LogP contribution >= 0.6 is 0 Å². The summed E-state index contributed by atoms with van der Waals surface area (Å²) >= 11 is 0. The van der Waals surface area contributed by atoms with Crippen LogP contribution in [0.3, 0.4) is 0 Å². The van der Waals surface area contributed by atoms with Gasteiger partial charge in [0.1, 0.15) is 0 Å². The number of amides is 1. The summed E-state index contributed by atoms with van der Waals surface area (Å²) in [5.74, 6) is -0.242. The van der Waals surface area contributed by atoms with Crippen molar-refractivity contribution in [1.29, 1.82) is 0 Å². The standard InChI is InChI=1S/C14H17F3N2O/c15-14(16,17)11-6-4-10(5-7-11)13(20)19-8-2-1-3-12(19)9-18/h4-7,12H,1-3,8-9,18H2. The maximum Gasteiger partial charge on any atom is 0.416 e. The highest BCUT2D eigenvalue weighted by Gasteiger charge is 2.31. The largest absolute Gasteiger partial charge is 0.416 e. The van der Waals surface area contributed by atoms with E-state index in [1.807, 2.05) is 0 Å². The lowest BCUT2D eigenvalue weighted by Gasteiger charge is -2.35. The van der Waals surface area contributed by atoms with Crippen molar-refractivity contribution in [3.8, 4) is 0 Å². The van der Waals surface area contributed by atoms with Crippen molar-refractivity contribution in [3.63, 3.8) is 0 Å². The van der Waals surface area contributed by atoms with Gasteiger partial charge in [0.2, 0.25) is 0 Å². The van der Waals surface area contributed by atoms with E-state index in [1.165, 1.54) is 12.1 Å². The first-order valence-corrected chi connectivity index (χ1v) is 6.62. The zero-order valence-corrected chi connectivity index (χ0v) is 11.0. The molecule has 1 aliphatic heterocycles. The molecule has 1 aromatic carbocycles. The van der Waals surface area contributed by atoms with Gasteiger partial charge in [-0.3, -0.25) is 4.79 Å². The van der Waals surface area contributed by atoms with Gasteiger partial charge in [-0.15, -0.1) is 0 Å². The summed E-state index contributed by atoms with van der Waals surface area (Å²) in [4.78, 5) is 14.0. The van der Waals surface area contributed by atoms with E-state index >= 15 is 0 Å². The number of hydrogen-bond acceptors (Lipinski definition) is 2. The van der Waals surface area contributed by atoms with Gasteiger partial charge in [-0.1, -0.05) is 0 Å². The van der Waals surface area contributed by atoms with Gasteiger partial charge < -0.3 is 10.6 Å². The van der Waals surface area contributed by atoms with E-state index in [1.54, 1.807) is 4.90 Å². The topological polar surface area (TPSA) is 46.3 Å². The van der Waals surface area contributed by atoms with E-state index in [2.05, 4.69) is 0 Å². The number of hydrogen-bond donors (Lipinski definition) is 1. The van der Waals surface area contributed by atoms with Gasteiger partial charge >= 0.3 is 6.18 Å². The minimum Gasteiger partial charge on any atom is -0.334 e. The molecule has 1 unspecified atom stereocenters. The molecule has 1 atom stereocenters. The minimum atomic E-state index is -4.38. The molecule has 1 fully saturated rings. The van der Waals surface area contributed by atoms with Crippen LogP contribution in [0, 0.1) is 0 Å². The Hall–Kier alpha value is -1.56.